The van der Waals surface area contributed by atoms with Crippen molar-refractivity contribution in [1.29, 1.82) is 0 Å². The fraction of sp³-hybridized carbons (Fsp3) is 0.381. The third-order valence-electron chi connectivity index (χ3n) is 5.15. The average Bonchev–Trinajstić information content (AvgIpc) is 3.29. The lowest BCUT2D eigenvalue weighted by molar-refractivity contribution is 0.0759. The van der Waals surface area contributed by atoms with Crippen molar-refractivity contribution in [3.8, 4) is 0 Å². The van der Waals surface area contributed by atoms with Crippen LogP contribution in [0.1, 0.15) is 40.8 Å². The van der Waals surface area contributed by atoms with Gasteiger partial charge < -0.3 is 10.0 Å². The highest BCUT2D eigenvalue weighted by atomic mass is 32.1. The number of nitrogens with zero attached hydrogens (tertiary/aromatic N) is 3. The monoisotopic (exact) mass is 381 g/mol. The van der Waals surface area contributed by atoms with Crippen LogP contribution in [0.2, 0.25) is 0 Å². The molecule has 0 saturated carbocycles. The van der Waals surface area contributed by atoms with Gasteiger partial charge in [-0.1, -0.05) is 32.0 Å². The Labute approximate surface area is 162 Å². The number of para-hydroxylation sites is 1. The molecule has 1 saturated heterocycles. The molecule has 1 N–H and O–H groups in total. The van der Waals surface area contributed by atoms with E-state index in [1.54, 1.807) is 4.90 Å². The quantitative estimate of drug-likeness (QED) is 0.751. The second-order valence-corrected chi connectivity index (χ2v) is 8.34. The summed E-state index contributed by atoms with van der Waals surface area (Å²) < 4.78 is 0. The third-order valence-corrected chi connectivity index (χ3v) is 6.30. The molecule has 27 heavy (non-hydrogen) atoms. The summed E-state index contributed by atoms with van der Waals surface area (Å²) in [5.41, 5.74) is 2.61. The topological polar surface area (TPSA) is 66.3 Å². The number of carbonyl (C=O) groups excluding carboxylic acids is 1. The maximum absolute atomic E-state index is 12.8. The molecule has 4 rings (SSSR count). The first-order valence-corrected chi connectivity index (χ1v) is 10.2. The summed E-state index contributed by atoms with van der Waals surface area (Å²) in [5.74, 6) is 0.246. The largest absolute Gasteiger partial charge is 0.391 e. The highest BCUT2D eigenvalue weighted by Crippen LogP contribution is 2.27. The van der Waals surface area contributed by atoms with E-state index in [1.807, 2.05) is 35.8 Å². The molecule has 140 valence electrons. The van der Waals surface area contributed by atoms with Crippen LogP contribution < -0.4 is 0 Å². The first-order chi connectivity index (χ1) is 13.0. The Morgan fingerprint density at radius 3 is 2.89 bits per heavy atom. The van der Waals surface area contributed by atoms with Gasteiger partial charge in [0.05, 0.1) is 16.6 Å². The average molecular weight is 382 g/mol. The summed E-state index contributed by atoms with van der Waals surface area (Å²) in [5, 5.41) is 14.5. The number of hydrogen-bond donors (Lipinski definition) is 1. The molecule has 1 aliphatic rings. The van der Waals surface area contributed by atoms with Crippen LogP contribution >= 0.6 is 11.3 Å². The van der Waals surface area contributed by atoms with E-state index in [0.29, 0.717) is 24.7 Å². The van der Waals surface area contributed by atoms with Gasteiger partial charge in [-0.15, -0.1) is 11.3 Å². The number of hydrogen-bond acceptors (Lipinski definition) is 5. The smallest absolute Gasteiger partial charge is 0.273 e. The van der Waals surface area contributed by atoms with Gasteiger partial charge >= 0.3 is 0 Å². The van der Waals surface area contributed by atoms with Crippen molar-refractivity contribution in [3.05, 3.63) is 58.2 Å². The Morgan fingerprint density at radius 1 is 1.30 bits per heavy atom. The molecule has 3 aromatic rings. The zero-order chi connectivity index (χ0) is 19.0. The molecule has 0 bridgehead atoms. The van der Waals surface area contributed by atoms with Crippen LogP contribution in [0.4, 0.5) is 0 Å². The van der Waals surface area contributed by atoms with Crippen molar-refractivity contribution in [1.82, 2.24) is 14.9 Å². The number of thiazole rings is 1. The Kier molecular flexibility index (Phi) is 4.93. The van der Waals surface area contributed by atoms with Gasteiger partial charge in [0.2, 0.25) is 0 Å². The first-order valence-electron chi connectivity index (χ1n) is 9.28. The summed E-state index contributed by atoms with van der Waals surface area (Å²) in [6.45, 7) is 5.05. The Bertz CT molecular complexity index is 963. The number of carbonyl (C=O) groups is 1. The minimum absolute atomic E-state index is 0.0166. The number of fused-ring (bicyclic) bond motifs is 1. The van der Waals surface area contributed by atoms with Gasteiger partial charge in [-0.3, -0.25) is 9.78 Å². The number of benzene rings is 1. The van der Waals surface area contributed by atoms with Crippen LogP contribution in [0, 0.1) is 5.92 Å². The van der Waals surface area contributed by atoms with Gasteiger partial charge in [0.1, 0.15) is 5.69 Å². The molecule has 1 aliphatic heterocycles. The van der Waals surface area contributed by atoms with Crippen molar-refractivity contribution < 1.29 is 9.90 Å². The number of amides is 1. The molecule has 5 nitrogen and oxygen atoms in total. The van der Waals surface area contributed by atoms with E-state index in [-0.39, 0.29) is 11.8 Å². The van der Waals surface area contributed by atoms with Crippen molar-refractivity contribution in [2.75, 3.05) is 13.1 Å². The van der Waals surface area contributed by atoms with Crippen molar-refractivity contribution in [3.63, 3.8) is 0 Å². The Balaban J connectivity index is 1.50. The predicted molar refractivity (Wildman–Crippen MR) is 107 cm³/mol. The molecule has 0 unspecified atom stereocenters. The van der Waals surface area contributed by atoms with Crippen LogP contribution in [0.15, 0.2) is 41.9 Å². The zero-order valence-electron chi connectivity index (χ0n) is 15.5. The minimum Gasteiger partial charge on any atom is -0.391 e. The van der Waals surface area contributed by atoms with Gasteiger partial charge in [0, 0.05) is 41.9 Å². The molecule has 1 fully saturated rings. The Hall–Kier alpha value is -2.31. The van der Waals surface area contributed by atoms with Crippen LogP contribution in [0.5, 0.6) is 0 Å². The summed E-state index contributed by atoms with van der Waals surface area (Å²) in [7, 11) is 0. The van der Waals surface area contributed by atoms with E-state index < -0.39 is 6.10 Å². The van der Waals surface area contributed by atoms with E-state index in [2.05, 4.69) is 29.9 Å². The van der Waals surface area contributed by atoms with Gasteiger partial charge in [-0.05, 0) is 24.1 Å². The number of aliphatic hydroxyl groups is 1. The molecular weight excluding hydrogens is 358 g/mol. The molecule has 1 aromatic carbocycles. The number of pyridine rings is 1. The van der Waals surface area contributed by atoms with E-state index >= 15 is 0 Å². The zero-order valence-corrected chi connectivity index (χ0v) is 16.3. The third kappa shape index (κ3) is 3.59. The normalized spacial score (nSPS) is 19.9. The lowest BCUT2D eigenvalue weighted by Gasteiger charge is -2.15. The van der Waals surface area contributed by atoms with Gasteiger partial charge in [0.15, 0.2) is 0 Å². The van der Waals surface area contributed by atoms with Gasteiger partial charge in [-0.25, -0.2) is 4.98 Å². The van der Waals surface area contributed by atoms with Crippen LogP contribution in [0.3, 0.4) is 0 Å². The van der Waals surface area contributed by atoms with Crippen molar-refractivity contribution in [2.45, 2.75) is 32.3 Å². The van der Waals surface area contributed by atoms with Crippen LogP contribution in [-0.2, 0) is 6.42 Å². The summed E-state index contributed by atoms with van der Waals surface area (Å²) in [6, 6.07) is 10.0. The molecular formula is C21H23N3O2S. The van der Waals surface area contributed by atoms with Crippen LogP contribution in [0.25, 0.3) is 10.9 Å². The second-order valence-electron chi connectivity index (χ2n) is 7.45. The number of aliphatic hydroxyl groups excluding tert-OH is 1. The highest BCUT2D eigenvalue weighted by molar-refractivity contribution is 7.09. The number of likely N-dealkylation sites (tertiary alicyclic amines) is 1. The van der Waals surface area contributed by atoms with E-state index in [4.69, 9.17) is 0 Å². The SMILES string of the molecule is CC(C)c1nc(C(=O)N2C[C@@H](Cc3ccnc4ccccc34)[C@@H](O)C2)cs1. The molecule has 2 aromatic heterocycles. The molecule has 6 heteroatoms. The summed E-state index contributed by atoms with van der Waals surface area (Å²) >= 11 is 1.52. The molecule has 0 aliphatic carbocycles. The lowest BCUT2D eigenvalue weighted by atomic mass is 9.94. The summed E-state index contributed by atoms with van der Waals surface area (Å²) in [4.78, 5) is 23.4. The maximum atomic E-state index is 12.8. The fourth-order valence-corrected chi connectivity index (χ4v) is 4.46. The molecule has 0 spiro atoms. The van der Waals surface area contributed by atoms with Crippen molar-refractivity contribution >= 4 is 28.1 Å². The molecule has 2 atom stereocenters. The van der Waals surface area contributed by atoms with Crippen molar-refractivity contribution in [2.24, 2.45) is 5.92 Å². The highest BCUT2D eigenvalue weighted by Gasteiger charge is 2.35. The molecule has 3 heterocycles. The first kappa shape index (κ1) is 18.1. The predicted octanol–water partition coefficient (Wildman–Crippen LogP) is 3.49. The molecule has 0 radical (unpaired) electrons. The van der Waals surface area contributed by atoms with E-state index in [0.717, 1.165) is 27.9 Å². The standard InChI is InChI=1S/C21H23N3O2S/c1-13(2)20-23-18(12-27-20)21(26)24-10-15(19(25)11-24)9-14-7-8-22-17-6-4-3-5-16(14)17/h3-8,12-13,15,19,25H,9-11H2,1-2H3/t15-,19+/m1/s1. The van der Waals surface area contributed by atoms with Gasteiger partial charge in [0.25, 0.3) is 5.91 Å². The Morgan fingerprint density at radius 2 is 2.11 bits per heavy atom. The maximum Gasteiger partial charge on any atom is 0.273 e. The van der Waals surface area contributed by atoms with Crippen LogP contribution in [-0.4, -0.2) is 45.1 Å². The second kappa shape index (κ2) is 7.37. The lowest BCUT2D eigenvalue weighted by Crippen LogP contribution is -2.29. The molecule has 1 amide bonds. The number of aromatic nitrogens is 2. The van der Waals surface area contributed by atoms with E-state index in [9.17, 15) is 9.90 Å². The minimum atomic E-state index is -0.524. The summed E-state index contributed by atoms with van der Waals surface area (Å²) in [6.07, 6.45) is 2.01. The number of rotatable bonds is 4. The number of β-amino-alcohol motifs (C(OH)–C–C–N with tert-alkyl or cyclic N) is 1. The fourth-order valence-electron chi connectivity index (χ4n) is 3.65. The van der Waals surface area contributed by atoms with E-state index in [1.165, 1.54) is 11.3 Å². The van der Waals surface area contributed by atoms with Gasteiger partial charge in [-0.2, -0.15) is 0 Å².